The second-order valence-corrected chi connectivity index (χ2v) is 3.43. The first-order valence-electron chi connectivity index (χ1n) is 4.25. The van der Waals surface area contributed by atoms with Crippen molar-refractivity contribution in [2.45, 2.75) is 39.2 Å². The lowest BCUT2D eigenvalue weighted by Crippen LogP contribution is -2.14. The molecule has 1 rings (SSSR count). The smallest absolute Gasteiger partial charge is 0.111 e. The van der Waals surface area contributed by atoms with Gasteiger partial charge in [0.15, 0.2) is 0 Å². The zero-order valence-electron chi connectivity index (χ0n) is 7.21. The Balaban J connectivity index is 2.57. The van der Waals surface area contributed by atoms with Crippen molar-refractivity contribution in [1.82, 2.24) is 0 Å². The third-order valence-corrected chi connectivity index (χ3v) is 2.23. The van der Waals surface area contributed by atoms with Gasteiger partial charge in [-0.1, -0.05) is 25.5 Å². The highest BCUT2D eigenvalue weighted by molar-refractivity contribution is 5.10. The largest absolute Gasteiger partial charge is 0.251 e. The minimum absolute atomic E-state index is 0.0545. The summed E-state index contributed by atoms with van der Waals surface area (Å²) in [7, 11) is 0. The lowest BCUT2D eigenvalue weighted by molar-refractivity contribution is -0.268. The molecule has 0 amide bonds. The molecule has 1 aliphatic rings. The van der Waals surface area contributed by atoms with Crippen molar-refractivity contribution < 1.29 is 10.1 Å². The first kappa shape index (κ1) is 8.75. The van der Waals surface area contributed by atoms with E-state index in [9.17, 15) is 0 Å². The van der Waals surface area contributed by atoms with Gasteiger partial charge in [0.05, 0.1) is 0 Å². The molecular formula is C9H16O2. The van der Waals surface area contributed by atoms with Gasteiger partial charge < -0.3 is 0 Å². The van der Waals surface area contributed by atoms with E-state index in [0.717, 1.165) is 19.3 Å². The van der Waals surface area contributed by atoms with E-state index < -0.39 is 0 Å². The third-order valence-electron chi connectivity index (χ3n) is 2.23. The monoisotopic (exact) mass is 156 g/mol. The van der Waals surface area contributed by atoms with Crippen LogP contribution in [-0.4, -0.2) is 11.4 Å². The van der Waals surface area contributed by atoms with Crippen LogP contribution in [0.1, 0.15) is 33.1 Å². The molecule has 0 spiro atoms. The summed E-state index contributed by atoms with van der Waals surface area (Å²) < 4.78 is 0. The van der Waals surface area contributed by atoms with Crippen LogP contribution in [0.15, 0.2) is 11.6 Å². The minimum atomic E-state index is -0.0545. The summed E-state index contributed by atoms with van der Waals surface area (Å²) in [6, 6.07) is 0. The van der Waals surface area contributed by atoms with Crippen LogP contribution in [0.25, 0.3) is 0 Å². The Morgan fingerprint density at radius 3 is 2.91 bits per heavy atom. The molecule has 0 fully saturated rings. The Bertz CT molecular complexity index is 150. The highest BCUT2D eigenvalue weighted by Crippen LogP contribution is 2.24. The Morgan fingerprint density at radius 1 is 1.64 bits per heavy atom. The molecule has 2 heteroatoms. The van der Waals surface area contributed by atoms with E-state index in [1.54, 1.807) is 0 Å². The van der Waals surface area contributed by atoms with Crippen LogP contribution in [0, 0.1) is 5.92 Å². The fourth-order valence-electron chi connectivity index (χ4n) is 1.48. The van der Waals surface area contributed by atoms with Gasteiger partial charge in [-0.25, -0.2) is 4.89 Å². The summed E-state index contributed by atoms with van der Waals surface area (Å²) in [5, 5.41) is 8.45. The Labute approximate surface area is 67.8 Å². The highest BCUT2D eigenvalue weighted by Gasteiger charge is 2.15. The van der Waals surface area contributed by atoms with E-state index in [4.69, 9.17) is 5.26 Å². The SMILES string of the molecule is CC(C)C1=CC(OO)CCC1. The van der Waals surface area contributed by atoms with Crippen molar-refractivity contribution in [2.24, 2.45) is 5.92 Å². The van der Waals surface area contributed by atoms with Gasteiger partial charge in [0, 0.05) is 0 Å². The molecule has 1 atom stereocenters. The minimum Gasteiger partial charge on any atom is -0.251 e. The summed E-state index contributed by atoms with van der Waals surface area (Å²) in [5.74, 6) is 0.591. The van der Waals surface area contributed by atoms with Crippen molar-refractivity contribution >= 4 is 0 Å². The second kappa shape index (κ2) is 3.88. The predicted molar refractivity (Wildman–Crippen MR) is 44.3 cm³/mol. The predicted octanol–water partition coefficient (Wildman–Crippen LogP) is 2.61. The topological polar surface area (TPSA) is 29.5 Å². The average Bonchev–Trinajstić information content (AvgIpc) is 2.05. The van der Waals surface area contributed by atoms with Gasteiger partial charge in [0.1, 0.15) is 6.10 Å². The van der Waals surface area contributed by atoms with Gasteiger partial charge >= 0.3 is 0 Å². The van der Waals surface area contributed by atoms with Crippen molar-refractivity contribution in [3.63, 3.8) is 0 Å². The van der Waals surface area contributed by atoms with Crippen LogP contribution in [0.4, 0.5) is 0 Å². The van der Waals surface area contributed by atoms with Gasteiger partial charge in [-0.2, -0.15) is 0 Å². The molecule has 0 aromatic carbocycles. The standard InChI is InChI=1S/C9H16O2/c1-7(2)8-4-3-5-9(6-8)11-10/h6-7,9-10H,3-5H2,1-2H3. The lowest BCUT2D eigenvalue weighted by atomic mass is 9.90. The van der Waals surface area contributed by atoms with Crippen LogP contribution in [0.2, 0.25) is 0 Å². The Kier molecular flexibility index (Phi) is 3.09. The number of hydrogen-bond acceptors (Lipinski definition) is 2. The fraction of sp³-hybridized carbons (Fsp3) is 0.778. The summed E-state index contributed by atoms with van der Waals surface area (Å²) in [6.07, 6.45) is 5.24. The van der Waals surface area contributed by atoms with Crippen LogP contribution < -0.4 is 0 Å². The number of allylic oxidation sites excluding steroid dienone is 1. The summed E-state index contributed by atoms with van der Waals surface area (Å²) in [4.78, 5) is 4.30. The van der Waals surface area contributed by atoms with Gasteiger partial charge in [-0.05, 0) is 25.2 Å². The van der Waals surface area contributed by atoms with Crippen molar-refractivity contribution in [3.8, 4) is 0 Å². The molecule has 0 bridgehead atoms. The molecule has 1 unspecified atom stereocenters. The molecule has 11 heavy (non-hydrogen) atoms. The number of rotatable bonds is 2. The maximum absolute atomic E-state index is 8.45. The molecule has 0 saturated heterocycles. The normalized spacial score (nSPS) is 25.5. The zero-order valence-corrected chi connectivity index (χ0v) is 7.21. The Hall–Kier alpha value is -0.340. The highest BCUT2D eigenvalue weighted by atomic mass is 17.1. The van der Waals surface area contributed by atoms with E-state index in [-0.39, 0.29) is 6.10 Å². The molecule has 0 heterocycles. The summed E-state index contributed by atoms with van der Waals surface area (Å²) in [5.41, 5.74) is 1.41. The van der Waals surface area contributed by atoms with Crippen molar-refractivity contribution in [1.29, 1.82) is 0 Å². The van der Waals surface area contributed by atoms with Crippen LogP contribution in [-0.2, 0) is 4.89 Å². The molecule has 0 aliphatic heterocycles. The van der Waals surface area contributed by atoms with Gasteiger partial charge in [0.2, 0.25) is 0 Å². The second-order valence-electron chi connectivity index (χ2n) is 3.43. The number of hydrogen-bond donors (Lipinski definition) is 1. The average molecular weight is 156 g/mol. The molecule has 0 saturated carbocycles. The fourth-order valence-corrected chi connectivity index (χ4v) is 1.48. The van der Waals surface area contributed by atoms with Gasteiger partial charge in [-0.3, -0.25) is 5.26 Å². The van der Waals surface area contributed by atoms with Crippen molar-refractivity contribution in [3.05, 3.63) is 11.6 Å². The summed E-state index contributed by atoms with van der Waals surface area (Å²) >= 11 is 0. The van der Waals surface area contributed by atoms with E-state index in [2.05, 4.69) is 18.7 Å². The maximum Gasteiger partial charge on any atom is 0.111 e. The molecule has 1 aliphatic carbocycles. The van der Waals surface area contributed by atoms with Gasteiger partial charge in [-0.15, -0.1) is 0 Å². The van der Waals surface area contributed by atoms with Crippen molar-refractivity contribution in [2.75, 3.05) is 0 Å². The maximum atomic E-state index is 8.45. The molecule has 64 valence electrons. The zero-order chi connectivity index (χ0) is 8.27. The molecular weight excluding hydrogens is 140 g/mol. The molecule has 1 N–H and O–H groups in total. The molecule has 0 aromatic rings. The van der Waals surface area contributed by atoms with Crippen LogP contribution in [0.5, 0.6) is 0 Å². The van der Waals surface area contributed by atoms with E-state index >= 15 is 0 Å². The lowest BCUT2D eigenvalue weighted by Gasteiger charge is -2.20. The molecule has 2 nitrogen and oxygen atoms in total. The van der Waals surface area contributed by atoms with Gasteiger partial charge in [0.25, 0.3) is 0 Å². The molecule has 0 aromatic heterocycles. The van der Waals surface area contributed by atoms with Crippen LogP contribution in [0.3, 0.4) is 0 Å². The Morgan fingerprint density at radius 2 is 2.36 bits per heavy atom. The first-order valence-corrected chi connectivity index (χ1v) is 4.25. The third kappa shape index (κ3) is 2.31. The van der Waals surface area contributed by atoms with E-state index in [1.807, 2.05) is 6.08 Å². The first-order chi connectivity index (χ1) is 5.24. The van der Waals surface area contributed by atoms with E-state index in [1.165, 1.54) is 5.57 Å². The van der Waals surface area contributed by atoms with Crippen LogP contribution >= 0.6 is 0 Å². The quantitative estimate of drug-likeness (QED) is 0.378. The molecule has 0 radical (unpaired) electrons. The summed E-state index contributed by atoms with van der Waals surface area (Å²) in [6.45, 7) is 4.34. The van der Waals surface area contributed by atoms with E-state index in [0.29, 0.717) is 5.92 Å².